The molecule has 2 amide bonds. The van der Waals surface area contributed by atoms with E-state index in [1.54, 1.807) is 36.0 Å². The van der Waals surface area contributed by atoms with Crippen molar-refractivity contribution in [3.8, 4) is 0 Å². The number of nitrogens with zero attached hydrogens (tertiary/aromatic N) is 1. The van der Waals surface area contributed by atoms with E-state index in [0.717, 1.165) is 19.5 Å². The van der Waals surface area contributed by atoms with Crippen LogP contribution in [-0.4, -0.2) is 36.1 Å². The summed E-state index contributed by atoms with van der Waals surface area (Å²) in [4.78, 5) is 29.4. The number of thioether (sulfide) groups is 1. The molecular weight excluding hydrogens is 426 g/mol. The molecule has 3 aromatic rings. The molecule has 1 unspecified atom stereocenters. The Morgan fingerprint density at radius 3 is 2.68 bits per heavy atom. The van der Waals surface area contributed by atoms with Crippen LogP contribution in [0.5, 0.6) is 0 Å². The number of amides is 2. The number of hydrogen-bond donors (Lipinski definition) is 2. The predicted molar refractivity (Wildman–Crippen MR) is 127 cm³/mol. The maximum atomic E-state index is 12.8. The molecule has 7 heteroatoms. The van der Waals surface area contributed by atoms with Crippen molar-refractivity contribution >= 4 is 34.9 Å². The van der Waals surface area contributed by atoms with E-state index in [-0.39, 0.29) is 11.9 Å². The van der Waals surface area contributed by atoms with Crippen molar-refractivity contribution in [2.45, 2.75) is 23.9 Å². The van der Waals surface area contributed by atoms with E-state index in [0.29, 0.717) is 17.7 Å². The van der Waals surface area contributed by atoms with E-state index in [2.05, 4.69) is 52.2 Å². The number of hydrogen-bond acceptors (Lipinski definition) is 5. The number of fused-ring (bicyclic) bond motifs is 1. The molecule has 0 radical (unpaired) electrons. The summed E-state index contributed by atoms with van der Waals surface area (Å²) in [7, 11) is 0. The minimum absolute atomic E-state index is 0.0622. The molecule has 1 aliphatic rings. The third-order valence-corrected chi connectivity index (χ3v) is 7.41. The Labute approximate surface area is 190 Å². The molecule has 4 rings (SSSR count). The predicted octanol–water partition coefficient (Wildman–Crippen LogP) is 4.10. The number of benzene rings is 2. The molecule has 5 nitrogen and oxygen atoms in total. The average molecular weight is 452 g/mol. The monoisotopic (exact) mass is 451 g/mol. The van der Waals surface area contributed by atoms with Crippen LogP contribution in [0.25, 0.3) is 0 Å². The molecule has 0 fully saturated rings. The Balaban J connectivity index is 1.53. The van der Waals surface area contributed by atoms with Crippen molar-refractivity contribution in [3.05, 3.63) is 87.1 Å². The molecule has 0 bridgehead atoms. The molecular formula is C24H25N3O2S2. The van der Waals surface area contributed by atoms with E-state index in [1.807, 2.05) is 11.3 Å². The van der Waals surface area contributed by atoms with E-state index in [9.17, 15) is 9.59 Å². The van der Waals surface area contributed by atoms with E-state index < -0.39 is 5.91 Å². The van der Waals surface area contributed by atoms with Gasteiger partial charge in [-0.1, -0.05) is 18.2 Å². The third kappa shape index (κ3) is 5.01. The summed E-state index contributed by atoms with van der Waals surface area (Å²) >= 11 is 3.54. The summed E-state index contributed by atoms with van der Waals surface area (Å²) in [6.07, 6.45) is 3.09. The molecule has 0 saturated carbocycles. The molecule has 3 N–H and O–H groups in total. The number of carbonyl (C=O) groups is 2. The van der Waals surface area contributed by atoms with Gasteiger partial charge in [0.25, 0.3) is 5.91 Å². The zero-order valence-electron chi connectivity index (χ0n) is 17.3. The largest absolute Gasteiger partial charge is 0.366 e. The lowest BCUT2D eigenvalue weighted by atomic mass is 10.0. The molecule has 0 aliphatic carbocycles. The van der Waals surface area contributed by atoms with Gasteiger partial charge in [0.1, 0.15) is 0 Å². The first-order chi connectivity index (χ1) is 15.0. The van der Waals surface area contributed by atoms with Crippen LogP contribution >= 0.6 is 23.1 Å². The number of nitrogens with two attached hydrogens (primary N) is 1. The van der Waals surface area contributed by atoms with Crippen molar-refractivity contribution in [1.29, 1.82) is 0 Å². The molecule has 1 aliphatic heterocycles. The summed E-state index contributed by atoms with van der Waals surface area (Å²) in [6.45, 7) is 2.31. The van der Waals surface area contributed by atoms with Crippen LogP contribution in [0, 0.1) is 0 Å². The van der Waals surface area contributed by atoms with E-state index >= 15 is 0 Å². The first kappa shape index (κ1) is 21.6. The number of thiophene rings is 1. The highest BCUT2D eigenvalue weighted by Gasteiger charge is 2.26. The van der Waals surface area contributed by atoms with E-state index in [4.69, 9.17) is 5.73 Å². The second-order valence-corrected chi connectivity index (χ2v) is 9.41. The molecule has 1 aromatic heterocycles. The summed E-state index contributed by atoms with van der Waals surface area (Å²) in [5.41, 5.74) is 8.68. The van der Waals surface area contributed by atoms with Gasteiger partial charge in [0.2, 0.25) is 5.91 Å². The van der Waals surface area contributed by atoms with Gasteiger partial charge in [0, 0.05) is 40.5 Å². The Morgan fingerprint density at radius 1 is 1.16 bits per heavy atom. The van der Waals surface area contributed by atoms with Crippen LogP contribution < -0.4 is 11.1 Å². The minimum atomic E-state index is -0.540. The van der Waals surface area contributed by atoms with Crippen LogP contribution in [0.2, 0.25) is 0 Å². The normalized spacial score (nSPS) is 14.6. The van der Waals surface area contributed by atoms with Gasteiger partial charge in [-0.05, 0) is 65.6 Å². The second kappa shape index (κ2) is 9.68. The summed E-state index contributed by atoms with van der Waals surface area (Å²) in [6, 6.07) is 17.4. The van der Waals surface area contributed by atoms with Gasteiger partial charge in [0.05, 0.1) is 6.04 Å². The van der Waals surface area contributed by atoms with Gasteiger partial charge in [-0.15, -0.1) is 23.1 Å². The van der Waals surface area contributed by atoms with Gasteiger partial charge in [-0.25, -0.2) is 0 Å². The highest BCUT2D eigenvalue weighted by molar-refractivity contribution is 7.98. The third-order valence-electron chi connectivity index (χ3n) is 5.64. The number of rotatable bonds is 7. The Kier molecular flexibility index (Phi) is 6.75. The van der Waals surface area contributed by atoms with Crippen LogP contribution in [0.4, 0.5) is 0 Å². The maximum Gasteiger partial charge on any atom is 0.251 e. The number of primary amides is 1. The van der Waals surface area contributed by atoms with Crippen molar-refractivity contribution in [1.82, 2.24) is 10.2 Å². The lowest BCUT2D eigenvalue weighted by Crippen LogP contribution is -2.40. The second-order valence-electron chi connectivity index (χ2n) is 7.53. The fourth-order valence-corrected chi connectivity index (χ4v) is 5.22. The van der Waals surface area contributed by atoms with Crippen LogP contribution in [0.3, 0.4) is 0 Å². The van der Waals surface area contributed by atoms with Gasteiger partial charge < -0.3 is 11.1 Å². The SMILES string of the molecule is CSc1ccc(C(CNC(=O)c2cccc(C(N)=O)c2)N2CCc3sccc3C2)cc1. The van der Waals surface area contributed by atoms with Crippen LogP contribution in [0.1, 0.15) is 42.8 Å². The maximum absolute atomic E-state index is 12.8. The smallest absolute Gasteiger partial charge is 0.251 e. The topological polar surface area (TPSA) is 75.4 Å². The van der Waals surface area contributed by atoms with Crippen molar-refractivity contribution in [2.75, 3.05) is 19.3 Å². The first-order valence-corrected chi connectivity index (χ1v) is 12.3. The molecule has 0 saturated heterocycles. The zero-order valence-corrected chi connectivity index (χ0v) is 19.0. The van der Waals surface area contributed by atoms with E-state index in [1.165, 1.54) is 20.9 Å². The fourth-order valence-electron chi connectivity index (χ4n) is 3.93. The number of carbonyl (C=O) groups excluding carboxylic acids is 2. The zero-order chi connectivity index (χ0) is 21.8. The van der Waals surface area contributed by atoms with Crippen molar-refractivity contribution in [2.24, 2.45) is 5.73 Å². The van der Waals surface area contributed by atoms with Crippen molar-refractivity contribution in [3.63, 3.8) is 0 Å². The van der Waals surface area contributed by atoms with Gasteiger partial charge >= 0.3 is 0 Å². The van der Waals surface area contributed by atoms with Gasteiger partial charge in [-0.3, -0.25) is 14.5 Å². The summed E-state index contributed by atoms with van der Waals surface area (Å²) < 4.78 is 0. The quantitative estimate of drug-likeness (QED) is 0.531. The molecule has 31 heavy (non-hydrogen) atoms. The summed E-state index contributed by atoms with van der Waals surface area (Å²) in [5, 5.41) is 5.23. The van der Waals surface area contributed by atoms with Gasteiger partial charge in [0.15, 0.2) is 0 Å². The molecule has 2 aromatic carbocycles. The molecule has 0 spiro atoms. The first-order valence-electron chi connectivity index (χ1n) is 10.2. The van der Waals surface area contributed by atoms with Crippen molar-refractivity contribution < 1.29 is 9.59 Å². The number of nitrogens with one attached hydrogen (secondary N) is 1. The average Bonchev–Trinajstić information content (AvgIpc) is 3.27. The highest BCUT2D eigenvalue weighted by Crippen LogP contribution is 2.31. The molecule has 2 heterocycles. The Morgan fingerprint density at radius 2 is 1.94 bits per heavy atom. The lowest BCUT2D eigenvalue weighted by molar-refractivity contribution is 0.0928. The molecule has 1 atom stereocenters. The molecule has 160 valence electrons. The lowest BCUT2D eigenvalue weighted by Gasteiger charge is -2.35. The van der Waals surface area contributed by atoms with Gasteiger partial charge in [-0.2, -0.15) is 0 Å². The van der Waals surface area contributed by atoms with Crippen LogP contribution in [-0.2, 0) is 13.0 Å². The Hall–Kier alpha value is -2.61. The standard InChI is InChI=1S/C24H25N3O2S2/c1-30-20-7-5-16(6-8-20)21(27-11-9-22-19(15-27)10-12-31-22)14-26-24(29)18-4-2-3-17(13-18)23(25)28/h2-8,10,12-13,21H,9,11,14-15H2,1H3,(H2,25,28)(H,26,29). The fraction of sp³-hybridized carbons (Fsp3) is 0.250. The summed E-state index contributed by atoms with van der Waals surface area (Å²) in [5.74, 6) is -0.747. The van der Waals surface area contributed by atoms with Crippen LogP contribution in [0.15, 0.2) is 64.9 Å². The minimum Gasteiger partial charge on any atom is -0.366 e. The Bertz CT molecular complexity index is 1080. The highest BCUT2D eigenvalue weighted by atomic mass is 32.2.